The van der Waals surface area contributed by atoms with Crippen LogP contribution < -0.4 is 20.5 Å². The summed E-state index contributed by atoms with van der Waals surface area (Å²) in [5.74, 6) is 0.467. The molecule has 27 heavy (non-hydrogen) atoms. The minimum absolute atomic E-state index is 0.0389. The normalized spacial score (nSPS) is 10.7. The van der Waals surface area contributed by atoms with E-state index >= 15 is 0 Å². The largest absolute Gasteiger partial charge is 0.493 e. The van der Waals surface area contributed by atoms with Gasteiger partial charge in [-0.15, -0.1) is 0 Å². The Hall–Kier alpha value is -3.32. The second kappa shape index (κ2) is 7.51. The number of fused-ring (bicyclic) bond motifs is 1. The number of aromatic nitrogens is 1. The first kappa shape index (κ1) is 18.5. The number of methoxy groups -OCH3 is 2. The summed E-state index contributed by atoms with van der Waals surface area (Å²) >= 11 is 0. The van der Waals surface area contributed by atoms with Gasteiger partial charge in [0.25, 0.3) is 5.91 Å². The number of nitrogens with zero attached hydrogens (tertiary/aromatic N) is 1. The maximum Gasteiger partial charge on any atom is 0.252 e. The fraction of sp³-hybridized carbons (Fsp3) is 0.200. The molecule has 0 spiro atoms. The van der Waals surface area contributed by atoms with Crippen molar-refractivity contribution in [2.24, 2.45) is 5.73 Å². The van der Waals surface area contributed by atoms with E-state index in [2.05, 4.69) is 10.3 Å². The van der Waals surface area contributed by atoms with Crippen LogP contribution in [0, 0.1) is 6.92 Å². The first-order valence-corrected chi connectivity index (χ1v) is 8.30. The summed E-state index contributed by atoms with van der Waals surface area (Å²) in [6, 6.07) is 9.03. The predicted molar refractivity (Wildman–Crippen MR) is 104 cm³/mol. The van der Waals surface area contributed by atoms with E-state index in [-0.39, 0.29) is 12.2 Å². The van der Waals surface area contributed by atoms with Crippen molar-refractivity contribution in [1.82, 2.24) is 4.98 Å². The van der Waals surface area contributed by atoms with E-state index < -0.39 is 5.91 Å². The number of aliphatic hydroxyl groups is 1. The molecule has 0 radical (unpaired) electrons. The summed E-state index contributed by atoms with van der Waals surface area (Å²) in [6.45, 7) is 1.88. The Labute approximate surface area is 156 Å². The number of anilines is 2. The van der Waals surface area contributed by atoms with E-state index in [1.54, 1.807) is 26.4 Å². The van der Waals surface area contributed by atoms with Gasteiger partial charge < -0.3 is 25.6 Å². The van der Waals surface area contributed by atoms with Crippen molar-refractivity contribution in [3.8, 4) is 11.5 Å². The van der Waals surface area contributed by atoms with Crippen molar-refractivity contribution in [1.29, 1.82) is 0 Å². The summed E-state index contributed by atoms with van der Waals surface area (Å²) in [5, 5.41) is 13.3. The maximum absolute atomic E-state index is 12.0. The first-order valence-electron chi connectivity index (χ1n) is 8.30. The zero-order chi connectivity index (χ0) is 19.6. The summed E-state index contributed by atoms with van der Waals surface area (Å²) in [4.78, 5) is 16.3. The van der Waals surface area contributed by atoms with E-state index in [0.29, 0.717) is 28.1 Å². The van der Waals surface area contributed by atoms with Crippen LogP contribution >= 0.6 is 0 Å². The van der Waals surface area contributed by atoms with Crippen LogP contribution in [0.3, 0.4) is 0 Å². The van der Waals surface area contributed by atoms with Gasteiger partial charge in [0.1, 0.15) is 0 Å². The Kier molecular flexibility index (Phi) is 5.14. The van der Waals surface area contributed by atoms with Crippen molar-refractivity contribution in [2.75, 3.05) is 19.5 Å². The van der Waals surface area contributed by atoms with E-state index in [4.69, 9.17) is 15.2 Å². The van der Waals surface area contributed by atoms with Gasteiger partial charge in [0.05, 0.1) is 37.6 Å². The molecule has 0 atom stereocenters. The maximum atomic E-state index is 12.0. The van der Waals surface area contributed by atoms with Crippen LogP contribution in [-0.2, 0) is 6.61 Å². The smallest absolute Gasteiger partial charge is 0.252 e. The number of carbonyl (C=O) groups is 1. The number of ether oxygens (including phenoxy) is 2. The number of hydrogen-bond acceptors (Lipinski definition) is 6. The summed E-state index contributed by atoms with van der Waals surface area (Å²) < 4.78 is 10.7. The summed E-state index contributed by atoms with van der Waals surface area (Å²) in [7, 11) is 3.09. The molecule has 0 fully saturated rings. The highest BCUT2D eigenvalue weighted by Gasteiger charge is 2.17. The zero-order valence-corrected chi connectivity index (χ0v) is 15.4. The minimum atomic E-state index is -0.591. The van der Waals surface area contributed by atoms with Crippen LogP contribution in [0.15, 0.2) is 36.5 Å². The quantitative estimate of drug-likeness (QED) is 0.618. The lowest BCUT2D eigenvalue weighted by molar-refractivity contribution is 0.100. The van der Waals surface area contributed by atoms with Crippen LogP contribution in [0.1, 0.15) is 21.5 Å². The highest BCUT2D eigenvalue weighted by molar-refractivity contribution is 6.08. The number of amides is 1. The third-order valence-electron chi connectivity index (χ3n) is 4.37. The zero-order valence-electron chi connectivity index (χ0n) is 15.4. The molecule has 1 aromatic heterocycles. The number of hydrogen-bond donors (Lipinski definition) is 3. The van der Waals surface area contributed by atoms with Crippen molar-refractivity contribution in [2.45, 2.75) is 13.5 Å². The fourth-order valence-electron chi connectivity index (χ4n) is 2.94. The molecule has 0 unspecified atom stereocenters. The standard InChI is InChI=1S/C20H21N3O4/c1-11-6-12(10-24)4-5-15(11)23-19-13-7-17(26-2)18(27-3)8-16(13)22-9-14(19)20(21)25/h4-9,24H,10H2,1-3H3,(H2,21,25)(H,22,23). The van der Waals surface area contributed by atoms with E-state index in [0.717, 1.165) is 16.8 Å². The van der Waals surface area contributed by atoms with Gasteiger partial charge in [-0.3, -0.25) is 9.78 Å². The van der Waals surface area contributed by atoms with Crippen molar-refractivity contribution >= 4 is 28.2 Å². The van der Waals surface area contributed by atoms with E-state index in [1.807, 2.05) is 25.1 Å². The molecular formula is C20H21N3O4. The average Bonchev–Trinajstić information content (AvgIpc) is 2.68. The van der Waals surface area contributed by atoms with Crippen LogP contribution in [0.25, 0.3) is 10.9 Å². The highest BCUT2D eigenvalue weighted by Crippen LogP contribution is 2.37. The highest BCUT2D eigenvalue weighted by atomic mass is 16.5. The Balaban J connectivity index is 2.22. The second-order valence-corrected chi connectivity index (χ2v) is 6.07. The van der Waals surface area contributed by atoms with Gasteiger partial charge in [0.15, 0.2) is 11.5 Å². The monoisotopic (exact) mass is 367 g/mol. The Morgan fingerprint density at radius 3 is 2.48 bits per heavy atom. The SMILES string of the molecule is COc1cc2ncc(C(N)=O)c(Nc3ccc(CO)cc3C)c2cc1OC. The van der Waals surface area contributed by atoms with Crippen LogP contribution in [0.5, 0.6) is 11.5 Å². The van der Waals surface area contributed by atoms with Gasteiger partial charge >= 0.3 is 0 Å². The molecule has 0 bridgehead atoms. The number of aryl methyl sites for hydroxylation is 1. The fourth-order valence-corrected chi connectivity index (χ4v) is 2.94. The third kappa shape index (κ3) is 3.50. The molecule has 0 aliphatic heterocycles. The molecule has 140 valence electrons. The van der Waals surface area contributed by atoms with Crippen molar-refractivity contribution in [3.05, 3.63) is 53.2 Å². The van der Waals surface area contributed by atoms with Gasteiger partial charge in [-0.05, 0) is 30.2 Å². The van der Waals surface area contributed by atoms with Crippen molar-refractivity contribution < 1.29 is 19.4 Å². The van der Waals surface area contributed by atoms with E-state index in [9.17, 15) is 9.90 Å². The number of aliphatic hydroxyl groups excluding tert-OH is 1. The molecule has 0 saturated carbocycles. The summed E-state index contributed by atoms with van der Waals surface area (Å²) in [5.41, 5.74) is 9.50. The van der Waals surface area contributed by atoms with Crippen LogP contribution in [-0.4, -0.2) is 30.2 Å². The van der Waals surface area contributed by atoms with Gasteiger partial charge in [-0.1, -0.05) is 12.1 Å². The first-order chi connectivity index (χ1) is 13.0. The topological polar surface area (TPSA) is 107 Å². The third-order valence-corrected chi connectivity index (χ3v) is 4.37. The van der Waals surface area contributed by atoms with Gasteiger partial charge in [-0.2, -0.15) is 0 Å². The lowest BCUT2D eigenvalue weighted by atomic mass is 10.1. The van der Waals surface area contributed by atoms with Crippen LogP contribution in [0.4, 0.5) is 11.4 Å². The molecule has 2 aromatic carbocycles. The Morgan fingerprint density at radius 1 is 1.19 bits per heavy atom. The van der Waals surface area contributed by atoms with Gasteiger partial charge in [0.2, 0.25) is 0 Å². The number of primary amides is 1. The molecule has 1 amide bonds. The number of nitrogens with two attached hydrogens (primary N) is 1. The van der Waals surface area contributed by atoms with E-state index in [1.165, 1.54) is 6.20 Å². The summed E-state index contributed by atoms with van der Waals surface area (Å²) in [6.07, 6.45) is 1.44. The predicted octanol–water partition coefficient (Wildman–Crippen LogP) is 2.90. The Bertz CT molecular complexity index is 1020. The number of rotatable bonds is 6. The second-order valence-electron chi connectivity index (χ2n) is 6.07. The number of benzene rings is 2. The lowest BCUT2D eigenvalue weighted by Crippen LogP contribution is -2.14. The minimum Gasteiger partial charge on any atom is -0.493 e. The van der Waals surface area contributed by atoms with Gasteiger partial charge in [0, 0.05) is 23.3 Å². The Morgan fingerprint density at radius 2 is 1.89 bits per heavy atom. The molecule has 1 heterocycles. The number of pyridine rings is 1. The molecule has 0 aliphatic carbocycles. The van der Waals surface area contributed by atoms with Crippen molar-refractivity contribution in [3.63, 3.8) is 0 Å². The average molecular weight is 367 g/mol. The van der Waals surface area contributed by atoms with Gasteiger partial charge in [-0.25, -0.2) is 0 Å². The molecule has 3 aromatic rings. The van der Waals surface area contributed by atoms with Crippen LogP contribution in [0.2, 0.25) is 0 Å². The molecular weight excluding hydrogens is 346 g/mol. The molecule has 7 heteroatoms. The molecule has 0 aliphatic rings. The molecule has 3 rings (SSSR count). The molecule has 7 nitrogen and oxygen atoms in total. The lowest BCUT2D eigenvalue weighted by Gasteiger charge is -2.17. The number of nitrogens with one attached hydrogen (secondary N) is 1. The number of carbonyl (C=O) groups excluding carboxylic acids is 1. The molecule has 4 N–H and O–H groups in total. The molecule has 0 saturated heterocycles.